The van der Waals surface area contributed by atoms with Gasteiger partial charge in [-0.05, 0) is 25.0 Å². The molecular weight excluding hydrogens is 206 g/mol. The monoisotopic (exact) mass is 221 g/mol. The van der Waals surface area contributed by atoms with Crippen LogP contribution in [-0.4, -0.2) is 16.2 Å². The number of aliphatic hydroxyl groups excluding tert-OH is 1. The second-order valence-electron chi connectivity index (χ2n) is 3.68. The molecule has 0 bridgehead atoms. The molecule has 1 N–H and O–H groups in total. The topological polar surface area (TPSA) is 33.1 Å². The molecular formula is C12H15NOS. The first-order chi connectivity index (χ1) is 7.29. The third-order valence-electron chi connectivity index (χ3n) is 2.50. The lowest BCUT2D eigenvalue weighted by atomic mass is 10.1. The molecule has 2 rings (SSSR count). The van der Waals surface area contributed by atoms with Crippen LogP contribution < -0.4 is 0 Å². The summed E-state index contributed by atoms with van der Waals surface area (Å²) in [5, 5.41) is 10.6. The van der Waals surface area contributed by atoms with Gasteiger partial charge in [-0.25, -0.2) is 4.98 Å². The first-order valence-corrected chi connectivity index (χ1v) is 6.13. The van der Waals surface area contributed by atoms with Crippen LogP contribution in [0, 0.1) is 0 Å². The zero-order valence-electron chi connectivity index (χ0n) is 8.81. The number of aromatic nitrogens is 1. The lowest BCUT2D eigenvalue weighted by Gasteiger charge is -2.04. The van der Waals surface area contributed by atoms with Gasteiger partial charge in [0.1, 0.15) is 0 Å². The normalized spacial score (nSPS) is 13.2. The van der Waals surface area contributed by atoms with Crippen LogP contribution in [0.15, 0.2) is 24.3 Å². The molecule has 80 valence electrons. The Morgan fingerprint density at radius 3 is 2.93 bits per heavy atom. The lowest BCUT2D eigenvalue weighted by molar-refractivity contribution is 0.160. The molecule has 0 saturated heterocycles. The Labute approximate surface area is 93.6 Å². The number of benzene rings is 1. The molecule has 0 amide bonds. The van der Waals surface area contributed by atoms with Gasteiger partial charge >= 0.3 is 0 Å². The SMILES string of the molecule is CCC(O)CCc1nc2ccccc2s1. The molecule has 1 heterocycles. The second kappa shape index (κ2) is 4.73. The van der Waals surface area contributed by atoms with E-state index in [1.54, 1.807) is 11.3 Å². The van der Waals surface area contributed by atoms with Gasteiger partial charge in [0.25, 0.3) is 0 Å². The zero-order chi connectivity index (χ0) is 10.7. The molecule has 0 aliphatic carbocycles. The molecule has 1 aromatic carbocycles. The van der Waals surface area contributed by atoms with E-state index in [0.29, 0.717) is 0 Å². The van der Waals surface area contributed by atoms with Gasteiger partial charge < -0.3 is 5.11 Å². The van der Waals surface area contributed by atoms with E-state index < -0.39 is 0 Å². The first kappa shape index (κ1) is 10.6. The molecule has 0 aliphatic rings. The van der Waals surface area contributed by atoms with E-state index >= 15 is 0 Å². The van der Waals surface area contributed by atoms with Crippen LogP contribution in [0.4, 0.5) is 0 Å². The molecule has 2 aromatic rings. The molecule has 1 aromatic heterocycles. The number of aliphatic hydroxyl groups is 1. The van der Waals surface area contributed by atoms with Crippen LogP contribution in [0.25, 0.3) is 10.2 Å². The van der Waals surface area contributed by atoms with Crippen molar-refractivity contribution in [3.05, 3.63) is 29.3 Å². The van der Waals surface area contributed by atoms with E-state index in [0.717, 1.165) is 29.8 Å². The molecule has 0 spiro atoms. The molecule has 1 atom stereocenters. The van der Waals surface area contributed by atoms with Crippen molar-refractivity contribution in [1.82, 2.24) is 4.98 Å². The minimum absolute atomic E-state index is 0.183. The largest absolute Gasteiger partial charge is 0.393 e. The van der Waals surface area contributed by atoms with E-state index in [1.807, 2.05) is 25.1 Å². The number of hydrogen-bond acceptors (Lipinski definition) is 3. The van der Waals surface area contributed by atoms with Crippen molar-refractivity contribution >= 4 is 21.6 Å². The molecule has 0 saturated carbocycles. The molecule has 2 nitrogen and oxygen atoms in total. The predicted octanol–water partition coefficient (Wildman–Crippen LogP) is 3.00. The van der Waals surface area contributed by atoms with Gasteiger partial charge in [0.05, 0.1) is 21.3 Å². The van der Waals surface area contributed by atoms with Gasteiger partial charge in [0.2, 0.25) is 0 Å². The lowest BCUT2D eigenvalue weighted by Crippen LogP contribution is -2.05. The maximum Gasteiger partial charge on any atom is 0.0939 e. The standard InChI is InChI=1S/C12H15NOS/c1-2-9(14)7-8-12-13-10-5-3-4-6-11(10)15-12/h3-6,9,14H,2,7-8H2,1H3. The number of rotatable bonds is 4. The fourth-order valence-corrected chi connectivity index (χ4v) is 2.50. The third-order valence-corrected chi connectivity index (χ3v) is 3.60. The smallest absolute Gasteiger partial charge is 0.0939 e. The Bertz CT molecular complexity index is 405. The minimum atomic E-state index is -0.183. The van der Waals surface area contributed by atoms with Gasteiger partial charge in [-0.1, -0.05) is 19.1 Å². The van der Waals surface area contributed by atoms with Crippen LogP contribution in [0.3, 0.4) is 0 Å². The summed E-state index contributed by atoms with van der Waals surface area (Å²) in [6.07, 6.45) is 2.34. The number of nitrogens with zero attached hydrogens (tertiary/aromatic N) is 1. The number of thiazole rings is 1. The van der Waals surface area contributed by atoms with Crippen molar-refractivity contribution in [2.24, 2.45) is 0 Å². The molecule has 0 aliphatic heterocycles. The predicted molar refractivity (Wildman–Crippen MR) is 64.2 cm³/mol. The van der Waals surface area contributed by atoms with Gasteiger partial charge in [0, 0.05) is 6.42 Å². The van der Waals surface area contributed by atoms with E-state index in [1.165, 1.54) is 4.70 Å². The molecule has 0 radical (unpaired) electrons. The van der Waals surface area contributed by atoms with Gasteiger partial charge in [0.15, 0.2) is 0 Å². The molecule has 3 heteroatoms. The molecule has 1 unspecified atom stereocenters. The summed E-state index contributed by atoms with van der Waals surface area (Å²) in [7, 11) is 0. The maximum absolute atomic E-state index is 9.47. The molecule has 15 heavy (non-hydrogen) atoms. The van der Waals surface area contributed by atoms with Crippen LogP contribution in [0.2, 0.25) is 0 Å². The highest BCUT2D eigenvalue weighted by atomic mass is 32.1. The summed E-state index contributed by atoms with van der Waals surface area (Å²) in [6, 6.07) is 8.16. The number of fused-ring (bicyclic) bond motifs is 1. The number of para-hydroxylation sites is 1. The van der Waals surface area contributed by atoms with Crippen LogP contribution >= 0.6 is 11.3 Å². The fourth-order valence-electron chi connectivity index (χ4n) is 1.52. The highest BCUT2D eigenvalue weighted by molar-refractivity contribution is 7.18. The highest BCUT2D eigenvalue weighted by Gasteiger charge is 2.05. The van der Waals surface area contributed by atoms with Crippen molar-refractivity contribution in [3.8, 4) is 0 Å². The Hall–Kier alpha value is -0.930. The Kier molecular flexibility index (Phi) is 3.34. The van der Waals surface area contributed by atoms with E-state index in [4.69, 9.17) is 0 Å². The average Bonchev–Trinajstić information content (AvgIpc) is 2.68. The van der Waals surface area contributed by atoms with Crippen LogP contribution in [0.1, 0.15) is 24.8 Å². The highest BCUT2D eigenvalue weighted by Crippen LogP contribution is 2.22. The van der Waals surface area contributed by atoms with Crippen molar-refractivity contribution in [1.29, 1.82) is 0 Å². The summed E-state index contributed by atoms with van der Waals surface area (Å²) in [5.41, 5.74) is 1.07. The van der Waals surface area contributed by atoms with Crippen molar-refractivity contribution in [2.75, 3.05) is 0 Å². The quantitative estimate of drug-likeness (QED) is 0.861. The third kappa shape index (κ3) is 2.55. The van der Waals surface area contributed by atoms with Gasteiger partial charge in [-0.15, -0.1) is 11.3 Å². The first-order valence-electron chi connectivity index (χ1n) is 5.32. The number of hydrogen-bond donors (Lipinski definition) is 1. The summed E-state index contributed by atoms with van der Waals surface area (Å²) >= 11 is 1.73. The van der Waals surface area contributed by atoms with Crippen LogP contribution in [0.5, 0.6) is 0 Å². The van der Waals surface area contributed by atoms with E-state index in [9.17, 15) is 5.11 Å². The fraction of sp³-hybridized carbons (Fsp3) is 0.417. The van der Waals surface area contributed by atoms with Crippen molar-refractivity contribution in [2.45, 2.75) is 32.3 Å². The minimum Gasteiger partial charge on any atom is -0.393 e. The second-order valence-corrected chi connectivity index (χ2v) is 4.79. The van der Waals surface area contributed by atoms with Crippen molar-refractivity contribution < 1.29 is 5.11 Å². The zero-order valence-corrected chi connectivity index (χ0v) is 9.63. The molecule has 0 fully saturated rings. The number of aryl methyl sites for hydroxylation is 1. The Morgan fingerprint density at radius 1 is 1.40 bits per heavy atom. The summed E-state index contributed by atoms with van der Waals surface area (Å²) in [6.45, 7) is 2.00. The van der Waals surface area contributed by atoms with E-state index in [2.05, 4.69) is 11.1 Å². The summed E-state index contributed by atoms with van der Waals surface area (Å²) in [4.78, 5) is 4.53. The average molecular weight is 221 g/mol. The van der Waals surface area contributed by atoms with Crippen LogP contribution in [-0.2, 0) is 6.42 Å². The maximum atomic E-state index is 9.47. The van der Waals surface area contributed by atoms with Crippen molar-refractivity contribution in [3.63, 3.8) is 0 Å². The van der Waals surface area contributed by atoms with Gasteiger partial charge in [-0.2, -0.15) is 0 Å². The van der Waals surface area contributed by atoms with Gasteiger partial charge in [-0.3, -0.25) is 0 Å². The Morgan fingerprint density at radius 2 is 2.20 bits per heavy atom. The summed E-state index contributed by atoms with van der Waals surface area (Å²) in [5.74, 6) is 0. The van der Waals surface area contributed by atoms with E-state index in [-0.39, 0.29) is 6.10 Å². The summed E-state index contributed by atoms with van der Waals surface area (Å²) < 4.78 is 1.23. The Balaban J connectivity index is 2.09.